The van der Waals surface area contributed by atoms with Crippen LogP contribution in [0.5, 0.6) is 0 Å². The highest BCUT2D eigenvalue weighted by atomic mass is 16.6. The quantitative estimate of drug-likeness (QED) is 0.818. The molecule has 154 valence electrons. The molecule has 0 aliphatic carbocycles. The monoisotopic (exact) mass is 398 g/mol. The first-order valence-electron chi connectivity index (χ1n) is 9.76. The molecule has 2 saturated heterocycles. The lowest BCUT2D eigenvalue weighted by atomic mass is 9.92. The molecule has 0 radical (unpaired) electrons. The van der Waals surface area contributed by atoms with Gasteiger partial charge < -0.3 is 19.5 Å². The molecule has 2 N–H and O–H groups in total. The highest BCUT2D eigenvalue weighted by Crippen LogP contribution is 2.31. The molecule has 1 amide bonds. The molecule has 2 aliphatic heterocycles. The zero-order valence-corrected chi connectivity index (χ0v) is 16.8. The summed E-state index contributed by atoms with van der Waals surface area (Å²) in [6.07, 6.45) is 0.216. The second-order valence-electron chi connectivity index (χ2n) is 8.30. The zero-order valence-electron chi connectivity index (χ0n) is 16.8. The topological polar surface area (TPSA) is 94.6 Å². The standard InChI is InChI=1S/C21H26N4O4/c1-21(2,3)16-9-10-22-19(25-16)24-14-11-27-18-15(12-28-17(14)18)29-20(26)23-13-7-5-4-6-8-13/h4-10,14-15,17-18H,11-12H2,1-3H3,(H,23,26)(H,22,24,25)/t14-,15+,17+,18+/m0/s1. The number of carbonyl (C=O) groups is 1. The van der Waals surface area contributed by atoms with E-state index in [1.54, 1.807) is 18.3 Å². The van der Waals surface area contributed by atoms with Crippen molar-refractivity contribution in [3.8, 4) is 0 Å². The predicted octanol–water partition coefficient (Wildman–Crippen LogP) is 2.97. The van der Waals surface area contributed by atoms with E-state index in [0.29, 0.717) is 24.8 Å². The van der Waals surface area contributed by atoms with Gasteiger partial charge >= 0.3 is 6.09 Å². The summed E-state index contributed by atoms with van der Waals surface area (Å²) in [5, 5.41) is 6.02. The second-order valence-corrected chi connectivity index (χ2v) is 8.30. The van der Waals surface area contributed by atoms with Crippen LogP contribution >= 0.6 is 0 Å². The number of hydrogen-bond donors (Lipinski definition) is 2. The molecule has 1 aromatic heterocycles. The molecular weight excluding hydrogens is 372 g/mol. The maximum Gasteiger partial charge on any atom is 0.412 e. The van der Waals surface area contributed by atoms with Crippen LogP contribution in [0, 0.1) is 0 Å². The number of amides is 1. The Morgan fingerprint density at radius 1 is 1.10 bits per heavy atom. The van der Waals surface area contributed by atoms with Crippen LogP contribution in [0.1, 0.15) is 26.5 Å². The number of carbonyl (C=O) groups excluding carboxylic acids is 1. The Morgan fingerprint density at radius 2 is 1.86 bits per heavy atom. The molecule has 1 aromatic carbocycles. The van der Waals surface area contributed by atoms with Crippen molar-refractivity contribution in [1.29, 1.82) is 0 Å². The van der Waals surface area contributed by atoms with Gasteiger partial charge in [-0.1, -0.05) is 39.0 Å². The van der Waals surface area contributed by atoms with E-state index >= 15 is 0 Å². The van der Waals surface area contributed by atoms with Crippen molar-refractivity contribution in [2.45, 2.75) is 50.5 Å². The van der Waals surface area contributed by atoms with Gasteiger partial charge in [0.15, 0.2) is 6.10 Å². The van der Waals surface area contributed by atoms with E-state index in [1.807, 2.05) is 24.3 Å². The van der Waals surface area contributed by atoms with E-state index in [2.05, 4.69) is 41.4 Å². The summed E-state index contributed by atoms with van der Waals surface area (Å²) in [6, 6.07) is 11.0. The molecule has 29 heavy (non-hydrogen) atoms. The lowest BCUT2D eigenvalue weighted by Crippen LogP contribution is -2.38. The maximum atomic E-state index is 12.2. The summed E-state index contributed by atoms with van der Waals surface area (Å²) >= 11 is 0. The van der Waals surface area contributed by atoms with Crippen LogP contribution in [0.2, 0.25) is 0 Å². The van der Waals surface area contributed by atoms with Gasteiger partial charge in [0.25, 0.3) is 0 Å². The van der Waals surface area contributed by atoms with E-state index in [1.165, 1.54) is 0 Å². The van der Waals surface area contributed by atoms with Gasteiger partial charge in [0.2, 0.25) is 5.95 Å². The van der Waals surface area contributed by atoms with Crippen molar-refractivity contribution < 1.29 is 19.0 Å². The van der Waals surface area contributed by atoms with Crippen LogP contribution in [0.25, 0.3) is 0 Å². The van der Waals surface area contributed by atoms with Crippen LogP contribution in [0.4, 0.5) is 16.4 Å². The Hall–Kier alpha value is -2.71. The molecule has 2 aromatic rings. The third kappa shape index (κ3) is 4.49. The first kappa shape index (κ1) is 19.6. The van der Waals surface area contributed by atoms with Crippen molar-refractivity contribution in [3.05, 3.63) is 48.3 Å². The van der Waals surface area contributed by atoms with Crippen LogP contribution in [0.15, 0.2) is 42.6 Å². The highest BCUT2D eigenvalue weighted by molar-refractivity contribution is 5.84. The fourth-order valence-corrected chi connectivity index (χ4v) is 3.51. The van der Waals surface area contributed by atoms with Crippen molar-refractivity contribution >= 4 is 17.7 Å². The van der Waals surface area contributed by atoms with Gasteiger partial charge in [0.1, 0.15) is 12.2 Å². The average Bonchev–Trinajstić information content (AvgIpc) is 3.26. The number of anilines is 2. The van der Waals surface area contributed by atoms with Crippen LogP contribution < -0.4 is 10.6 Å². The van der Waals surface area contributed by atoms with Crippen LogP contribution in [0.3, 0.4) is 0 Å². The molecule has 0 spiro atoms. The SMILES string of the molecule is CC(C)(C)c1ccnc(N[C@H]2CO[C@H]3[C@@H]2OC[C@H]3OC(=O)Nc2ccccc2)n1. The molecule has 0 saturated carbocycles. The number of hydrogen-bond acceptors (Lipinski definition) is 7. The Kier molecular flexibility index (Phi) is 5.38. The molecule has 0 unspecified atom stereocenters. The molecule has 4 rings (SSSR count). The minimum atomic E-state index is -0.522. The van der Waals surface area contributed by atoms with E-state index in [-0.39, 0.29) is 23.7 Å². The molecule has 3 heterocycles. The van der Waals surface area contributed by atoms with Gasteiger partial charge in [-0.3, -0.25) is 5.32 Å². The lowest BCUT2D eigenvalue weighted by molar-refractivity contribution is 0.00917. The minimum absolute atomic E-state index is 0.0665. The van der Waals surface area contributed by atoms with E-state index in [9.17, 15) is 4.79 Å². The largest absolute Gasteiger partial charge is 0.441 e. The molecule has 2 aliphatic rings. The molecule has 4 atom stereocenters. The number of rotatable bonds is 4. The number of benzene rings is 1. The maximum absolute atomic E-state index is 12.2. The average molecular weight is 398 g/mol. The summed E-state index contributed by atoms with van der Waals surface area (Å²) in [4.78, 5) is 21.1. The Morgan fingerprint density at radius 3 is 2.62 bits per heavy atom. The highest BCUT2D eigenvalue weighted by Gasteiger charge is 2.49. The fourth-order valence-electron chi connectivity index (χ4n) is 3.51. The Labute approximate surface area is 170 Å². The number of nitrogens with zero attached hydrogens (tertiary/aromatic N) is 2. The molecule has 0 bridgehead atoms. The third-order valence-corrected chi connectivity index (χ3v) is 5.03. The van der Waals surface area contributed by atoms with E-state index < -0.39 is 12.2 Å². The zero-order chi connectivity index (χ0) is 20.4. The second kappa shape index (κ2) is 7.96. The smallest absolute Gasteiger partial charge is 0.412 e. The minimum Gasteiger partial charge on any atom is -0.441 e. The van der Waals surface area contributed by atoms with Crippen molar-refractivity contribution in [2.24, 2.45) is 0 Å². The van der Waals surface area contributed by atoms with Gasteiger partial charge in [-0.15, -0.1) is 0 Å². The van der Waals surface area contributed by atoms with Crippen molar-refractivity contribution in [1.82, 2.24) is 9.97 Å². The number of para-hydroxylation sites is 1. The van der Waals surface area contributed by atoms with Gasteiger partial charge in [-0.25, -0.2) is 14.8 Å². The third-order valence-electron chi connectivity index (χ3n) is 5.03. The van der Waals surface area contributed by atoms with E-state index in [0.717, 1.165) is 5.69 Å². The molecule has 8 heteroatoms. The Bertz CT molecular complexity index is 855. The summed E-state index contributed by atoms with van der Waals surface area (Å²) in [5.41, 5.74) is 1.57. The fraction of sp³-hybridized carbons (Fsp3) is 0.476. The lowest BCUT2D eigenvalue weighted by Gasteiger charge is -2.20. The molecule has 8 nitrogen and oxygen atoms in total. The van der Waals surface area contributed by atoms with Crippen LogP contribution in [-0.4, -0.2) is 53.6 Å². The molecule has 2 fully saturated rings. The van der Waals surface area contributed by atoms with Gasteiger partial charge in [0, 0.05) is 17.3 Å². The van der Waals surface area contributed by atoms with Gasteiger partial charge in [0.05, 0.1) is 24.9 Å². The summed E-state index contributed by atoms with van der Waals surface area (Å²) in [6.45, 7) is 7.04. The molecular formula is C21H26N4O4. The van der Waals surface area contributed by atoms with Crippen molar-refractivity contribution in [3.63, 3.8) is 0 Å². The number of fused-ring (bicyclic) bond motifs is 1. The van der Waals surface area contributed by atoms with Crippen LogP contribution in [-0.2, 0) is 19.6 Å². The summed E-state index contributed by atoms with van der Waals surface area (Å²) < 4.78 is 17.3. The van der Waals surface area contributed by atoms with Gasteiger partial charge in [-0.2, -0.15) is 0 Å². The summed E-state index contributed by atoms with van der Waals surface area (Å²) in [7, 11) is 0. The normalized spacial score (nSPS) is 26.0. The first-order chi connectivity index (χ1) is 13.9. The number of nitrogens with one attached hydrogen (secondary N) is 2. The summed E-state index contributed by atoms with van der Waals surface area (Å²) in [5.74, 6) is 0.543. The number of aromatic nitrogens is 2. The van der Waals surface area contributed by atoms with Gasteiger partial charge in [-0.05, 0) is 18.2 Å². The van der Waals surface area contributed by atoms with E-state index in [4.69, 9.17) is 14.2 Å². The number of ether oxygens (including phenoxy) is 3. The predicted molar refractivity (Wildman–Crippen MR) is 108 cm³/mol. The first-order valence-corrected chi connectivity index (χ1v) is 9.76. The Balaban J connectivity index is 1.35. The van der Waals surface area contributed by atoms with Crippen molar-refractivity contribution in [2.75, 3.05) is 23.8 Å².